The summed E-state index contributed by atoms with van der Waals surface area (Å²) in [5.41, 5.74) is 0. The molecule has 0 N–H and O–H groups in total. The van der Waals surface area contributed by atoms with Crippen LogP contribution < -0.4 is 0 Å². The predicted octanol–water partition coefficient (Wildman–Crippen LogP) is 1.09. The molecule has 1 heterocycles. The van der Waals surface area contributed by atoms with Gasteiger partial charge in [-0.25, -0.2) is 0 Å². The van der Waals surface area contributed by atoms with Crippen LogP contribution in [0.25, 0.3) is 0 Å². The quantitative estimate of drug-likeness (QED) is 0.594. The van der Waals surface area contributed by atoms with Crippen molar-refractivity contribution in [1.29, 1.82) is 0 Å². The Morgan fingerprint density at radius 3 is 0.714 bits per heavy atom. The van der Waals surface area contributed by atoms with Crippen LogP contribution in [0.1, 0.15) is 13.8 Å². The monoisotopic (exact) mass is 206 g/mol. The van der Waals surface area contributed by atoms with Crippen LogP contribution in [0.15, 0.2) is 0 Å². The minimum Gasteiger partial charge on any atom is -0.377 e. The Morgan fingerprint density at radius 2 is 0.571 bits per heavy atom. The third-order valence-electron chi connectivity index (χ3n) is 1.49. The molecule has 1 aliphatic heterocycles. The fraction of sp³-hybridized carbons (Fsp3) is 1.00. The van der Waals surface area contributed by atoms with Gasteiger partial charge in [-0.2, -0.15) is 0 Å². The van der Waals surface area contributed by atoms with Gasteiger partial charge in [-0.15, -0.1) is 0 Å². The van der Waals surface area contributed by atoms with Gasteiger partial charge in [0.15, 0.2) is 0 Å². The highest BCUT2D eigenvalue weighted by Gasteiger charge is 1.94. The van der Waals surface area contributed by atoms with Crippen molar-refractivity contribution in [1.82, 2.24) is 0 Å². The molecule has 0 atom stereocenters. The first kappa shape index (κ1) is 13.8. The Bertz CT molecular complexity index is 55.1. The molecule has 86 valence electrons. The van der Waals surface area contributed by atoms with Crippen molar-refractivity contribution in [3.63, 3.8) is 0 Å². The first-order chi connectivity index (χ1) is 7.00. The maximum Gasteiger partial charge on any atom is 0.0701 e. The van der Waals surface area contributed by atoms with E-state index < -0.39 is 0 Å². The maximum atomic E-state index is 5.22. The highest BCUT2D eigenvalue weighted by molar-refractivity contribution is 4.37. The van der Waals surface area contributed by atoms with Gasteiger partial charge in [-0.1, -0.05) is 13.8 Å². The van der Waals surface area contributed by atoms with E-state index in [0.29, 0.717) is 52.9 Å². The van der Waals surface area contributed by atoms with E-state index in [1.54, 1.807) is 0 Å². The summed E-state index contributed by atoms with van der Waals surface area (Å²) in [6, 6.07) is 0. The SMILES string of the molecule is C1COCCOCCOCCO1.CC. The van der Waals surface area contributed by atoms with Crippen molar-refractivity contribution < 1.29 is 18.9 Å². The lowest BCUT2D eigenvalue weighted by Crippen LogP contribution is -2.16. The average Bonchev–Trinajstić information content (AvgIpc) is 2.22. The zero-order valence-electron chi connectivity index (χ0n) is 9.29. The van der Waals surface area contributed by atoms with Gasteiger partial charge in [0.1, 0.15) is 0 Å². The highest BCUT2D eigenvalue weighted by Crippen LogP contribution is 1.85. The highest BCUT2D eigenvalue weighted by atomic mass is 16.6. The Balaban J connectivity index is 0.000000791. The molecule has 0 bridgehead atoms. The molecular formula is C10H22O4. The zero-order valence-corrected chi connectivity index (χ0v) is 9.29. The summed E-state index contributed by atoms with van der Waals surface area (Å²) in [6.07, 6.45) is 0. The number of ether oxygens (including phenoxy) is 4. The van der Waals surface area contributed by atoms with Crippen LogP contribution in [0, 0.1) is 0 Å². The molecule has 1 saturated heterocycles. The van der Waals surface area contributed by atoms with Crippen molar-refractivity contribution in [3.8, 4) is 0 Å². The second-order valence-corrected chi connectivity index (χ2v) is 2.45. The van der Waals surface area contributed by atoms with E-state index in [1.165, 1.54) is 0 Å². The van der Waals surface area contributed by atoms with Crippen LogP contribution in [0.2, 0.25) is 0 Å². The molecule has 0 amide bonds. The lowest BCUT2D eigenvalue weighted by molar-refractivity contribution is -0.0334. The fourth-order valence-corrected chi connectivity index (χ4v) is 0.880. The summed E-state index contributed by atoms with van der Waals surface area (Å²) in [7, 11) is 0. The Morgan fingerprint density at radius 1 is 0.429 bits per heavy atom. The van der Waals surface area contributed by atoms with Crippen molar-refractivity contribution >= 4 is 0 Å². The summed E-state index contributed by atoms with van der Waals surface area (Å²) in [4.78, 5) is 0. The molecule has 0 aromatic carbocycles. The summed E-state index contributed by atoms with van der Waals surface area (Å²) in [6.45, 7) is 9.14. The lowest BCUT2D eigenvalue weighted by atomic mass is 10.6. The van der Waals surface area contributed by atoms with Gasteiger partial charge < -0.3 is 18.9 Å². The Hall–Kier alpha value is -0.160. The maximum absolute atomic E-state index is 5.22. The van der Waals surface area contributed by atoms with Crippen molar-refractivity contribution in [2.75, 3.05) is 52.9 Å². The summed E-state index contributed by atoms with van der Waals surface area (Å²) < 4.78 is 20.9. The van der Waals surface area contributed by atoms with Crippen LogP contribution >= 0.6 is 0 Å². The molecule has 14 heavy (non-hydrogen) atoms. The van der Waals surface area contributed by atoms with Crippen LogP contribution in [-0.4, -0.2) is 52.9 Å². The van der Waals surface area contributed by atoms with Gasteiger partial charge in [-0.3, -0.25) is 0 Å². The summed E-state index contributed by atoms with van der Waals surface area (Å²) in [5.74, 6) is 0. The van der Waals surface area contributed by atoms with E-state index in [9.17, 15) is 0 Å². The fourth-order valence-electron chi connectivity index (χ4n) is 0.880. The van der Waals surface area contributed by atoms with E-state index in [1.807, 2.05) is 13.8 Å². The molecule has 1 fully saturated rings. The molecule has 4 nitrogen and oxygen atoms in total. The minimum absolute atomic E-state index is 0.642. The third kappa shape index (κ3) is 9.92. The zero-order chi connectivity index (χ0) is 10.5. The normalized spacial score (nSPS) is 21.0. The molecule has 0 aliphatic carbocycles. The largest absolute Gasteiger partial charge is 0.377 e. The van der Waals surface area contributed by atoms with Crippen LogP contribution in [-0.2, 0) is 18.9 Å². The van der Waals surface area contributed by atoms with E-state index in [4.69, 9.17) is 18.9 Å². The molecule has 0 aromatic heterocycles. The number of hydrogen-bond donors (Lipinski definition) is 0. The topological polar surface area (TPSA) is 36.9 Å². The Kier molecular flexibility index (Phi) is 12.7. The number of rotatable bonds is 0. The van der Waals surface area contributed by atoms with Crippen molar-refractivity contribution in [2.45, 2.75) is 13.8 Å². The summed E-state index contributed by atoms with van der Waals surface area (Å²) >= 11 is 0. The molecule has 1 rings (SSSR count). The van der Waals surface area contributed by atoms with Crippen molar-refractivity contribution in [2.24, 2.45) is 0 Å². The summed E-state index contributed by atoms with van der Waals surface area (Å²) in [5, 5.41) is 0. The van der Waals surface area contributed by atoms with Gasteiger partial charge in [-0.05, 0) is 0 Å². The molecule has 4 heteroatoms. The van der Waals surface area contributed by atoms with Crippen LogP contribution in [0.4, 0.5) is 0 Å². The smallest absolute Gasteiger partial charge is 0.0701 e. The second-order valence-electron chi connectivity index (χ2n) is 2.45. The van der Waals surface area contributed by atoms with Gasteiger partial charge in [0.25, 0.3) is 0 Å². The minimum atomic E-state index is 0.642. The van der Waals surface area contributed by atoms with E-state index in [-0.39, 0.29) is 0 Å². The van der Waals surface area contributed by atoms with E-state index >= 15 is 0 Å². The third-order valence-corrected chi connectivity index (χ3v) is 1.49. The van der Waals surface area contributed by atoms with Crippen LogP contribution in [0.3, 0.4) is 0 Å². The Labute approximate surface area is 86.5 Å². The van der Waals surface area contributed by atoms with Gasteiger partial charge in [0.05, 0.1) is 52.9 Å². The average molecular weight is 206 g/mol. The van der Waals surface area contributed by atoms with Crippen LogP contribution in [0.5, 0.6) is 0 Å². The van der Waals surface area contributed by atoms with Gasteiger partial charge in [0, 0.05) is 0 Å². The standard InChI is InChI=1S/C8H16O4.C2H6/c1-2-10-5-6-12-8-7-11-4-3-9-1;1-2/h1-8H2;1-2H3. The molecular weight excluding hydrogens is 184 g/mol. The molecule has 0 saturated carbocycles. The first-order valence-electron chi connectivity index (χ1n) is 5.31. The van der Waals surface area contributed by atoms with Gasteiger partial charge >= 0.3 is 0 Å². The van der Waals surface area contributed by atoms with Crippen molar-refractivity contribution in [3.05, 3.63) is 0 Å². The van der Waals surface area contributed by atoms with E-state index in [2.05, 4.69) is 0 Å². The van der Waals surface area contributed by atoms with Gasteiger partial charge in [0.2, 0.25) is 0 Å². The second kappa shape index (κ2) is 12.8. The molecule has 1 aliphatic rings. The lowest BCUT2D eigenvalue weighted by Gasteiger charge is -2.09. The number of hydrogen-bond acceptors (Lipinski definition) is 4. The molecule has 0 spiro atoms. The predicted molar refractivity (Wildman–Crippen MR) is 54.6 cm³/mol. The first-order valence-corrected chi connectivity index (χ1v) is 5.31. The molecule has 0 unspecified atom stereocenters. The van der Waals surface area contributed by atoms with E-state index in [0.717, 1.165) is 0 Å². The molecule has 0 aromatic rings. The molecule has 0 radical (unpaired) electrons.